The third kappa shape index (κ3) is 1.15. The van der Waals surface area contributed by atoms with Crippen LogP contribution in [0.2, 0.25) is 0 Å². The van der Waals surface area contributed by atoms with Crippen LogP contribution in [0.4, 0.5) is 0 Å². The molecule has 0 N–H and O–H groups in total. The van der Waals surface area contributed by atoms with Gasteiger partial charge in [0.15, 0.2) is 0 Å². The van der Waals surface area contributed by atoms with Crippen molar-refractivity contribution in [3.63, 3.8) is 0 Å². The van der Waals surface area contributed by atoms with Crippen molar-refractivity contribution in [3.05, 3.63) is 47.5 Å². The number of carbonyl (C=O) groups excluding carboxylic acids is 1. The van der Waals surface area contributed by atoms with Gasteiger partial charge in [-0.15, -0.1) is 0 Å². The lowest BCUT2D eigenvalue weighted by Gasteiger charge is -2.08. The van der Waals surface area contributed by atoms with E-state index in [9.17, 15) is 4.79 Å². The molecule has 1 heterocycles. The zero-order chi connectivity index (χ0) is 9.42. The molecule has 0 aliphatic carbocycles. The van der Waals surface area contributed by atoms with E-state index in [1.807, 2.05) is 25.1 Å². The first-order valence-electron chi connectivity index (χ1n) is 4.15. The number of esters is 1. The maximum atomic E-state index is 11.3. The summed E-state index contributed by atoms with van der Waals surface area (Å²) in [4.78, 5) is 11.3. The predicted octanol–water partition coefficient (Wildman–Crippen LogP) is 2.47. The number of benzene rings is 1. The van der Waals surface area contributed by atoms with Gasteiger partial charge in [0.05, 0.1) is 5.56 Å². The van der Waals surface area contributed by atoms with E-state index in [0.717, 1.165) is 11.1 Å². The number of rotatable bonds is 1. The molecule has 1 atom stereocenters. The number of carbonyl (C=O) groups is 1. The lowest BCUT2D eigenvalue weighted by atomic mass is 10.0. The minimum atomic E-state index is -0.247. The van der Waals surface area contributed by atoms with E-state index >= 15 is 0 Å². The Kier molecular flexibility index (Phi) is 1.69. The van der Waals surface area contributed by atoms with Gasteiger partial charge in [0.1, 0.15) is 6.10 Å². The molecule has 0 radical (unpaired) electrons. The summed E-state index contributed by atoms with van der Waals surface area (Å²) < 4.78 is 5.15. The molecule has 0 bridgehead atoms. The quantitative estimate of drug-likeness (QED) is 0.483. The van der Waals surface area contributed by atoms with Crippen LogP contribution in [-0.4, -0.2) is 5.97 Å². The monoisotopic (exact) mass is 174 g/mol. The largest absolute Gasteiger partial charge is 0.449 e. The van der Waals surface area contributed by atoms with Gasteiger partial charge in [-0.25, -0.2) is 4.79 Å². The van der Waals surface area contributed by atoms with Crippen molar-refractivity contribution in [1.29, 1.82) is 0 Å². The Morgan fingerprint density at radius 2 is 2.15 bits per heavy atom. The highest BCUT2D eigenvalue weighted by Crippen LogP contribution is 2.34. The van der Waals surface area contributed by atoms with Crippen molar-refractivity contribution in [2.45, 2.75) is 13.0 Å². The molecular formula is C11H10O2. The normalized spacial score (nSPS) is 19.5. The number of ether oxygens (including phenoxy) is 1. The maximum Gasteiger partial charge on any atom is 0.339 e. The molecule has 0 spiro atoms. The van der Waals surface area contributed by atoms with Gasteiger partial charge in [-0.3, -0.25) is 0 Å². The van der Waals surface area contributed by atoms with Gasteiger partial charge in [-0.2, -0.15) is 0 Å². The van der Waals surface area contributed by atoms with E-state index < -0.39 is 0 Å². The number of hydrogen-bond donors (Lipinski definition) is 0. The number of hydrogen-bond acceptors (Lipinski definition) is 2. The summed E-state index contributed by atoms with van der Waals surface area (Å²) in [7, 11) is 0. The van der Waals surface area contributed by atoms with Crippen molar-refractivity contribution in [2.75, 3.05) is 0 Å². The molecule has 0 aromatic heterocycles. The van der Waals surface area contributed by atoms with Gasteiger partial charge in [0, 0.05) is 5.56 Å². The first-order chi connectivity index (χ1) is 6.20. The molecule has 1 aromatic carbocycles. The molecule has 1 aliphatic rings. The van der Waals surface area contributed by atoms with Gasteiger partial charge in [-0.05, 0) is 18.6 Å². The van der Waals surface area contributed by atoms with E-state index in [2.05, 4.69) is 6.58 Å². The Bertz CT molecular complexity index is 379. The van der Waals surface area contributed by atoms with E-state index in [0.29, 0.717) is 5.56 Å². The van der Waals surface area contributed by atoms with Crippen molar-refractivity contribution < 1.29 is 9.53 Å². The molecule has 0 fully saturated rings. The molecule has 0 amide bonds. The SMILES string of the molecule is C=C(C)C1OC(=O)c2ccccc21. The molecule has 2 rings (SSSR count). The van der Waals surface area contributed by atoms with Gasteiger partial charge in [-0.1, -0.05) is 24.8 Å². The van der Waals surface area contributed by atoms with Crippen LogP contribution in [-0.2, 0) is 4.74 Å². The molecule has 0 saturated heterocycles. The zero-order valence-corrected chi connectivity index (χ0v) is 7.41. The van der Waals surface area contributed by atoms with E-state index in [4.69, 9.17) is 4.74 Å². The second kappa shape index (κ2) is 2.73. The molecule has 2 heteroatoms. The molecule has 1 aromatic rings. The van der Waals surface area contributed by atoms with Gasteiger partial charge >= 0.3 is 5.97 Å². The number of cyclic esters (lactones) is 1. The smallest absolute Gasteiger partial charge is 0.339 e. The third-order valence-corrected chi connectivity index (χ3v) is 2.14. The number of fused-ring (bicyclic) bond motifs is 1. The van der Waals surface area contributed by atoms with E-state index in [1.54, 1.807) is 6.07 Å². The van der Waals surface area contributed by atoms with Crippen LogP contribution in [0.5, 0.6) is 0 Å². The minimum absolute atomic E-state index is 0.247. The fourth-order valence-corrected chi connectivity index (χ4v) is 1.51. The first kappa shape index (κ1) is 8.05. The van der Waals surface area contributed by atoms with Gasteiger partial charge < -0.3 is 4.74 Å². The lowest BCUT2D eigenvalue weighted by Crippen LogP contribution is -1.98. The van der Waals surface area contributed by atoms with Crippen LogP contribution < -0.4 is 0 Å². The average molecular weight is 174 g/mol. The highest BCUT2D eigenvalue weighted by Gasteiger charge is 2.30. The molecule has 66 valence electrons. The molecule has 1 aliphatic heterocycles. The fourth-order valence-electron chi connectivity index (χ4n) is 1.51. The van der Waals surface area contributed by atoms with Crippen molar-refractivity contribution in [2.24, 2.45) is 0 Å². The van der Waals surface area contributed by atoms with Crippen molar-refractivity contribution in [3.8, 4) is 0 Å². The molecule has 2 nitrogen and oxygen atoms in total. The fraction of sp³-hybridized carbons (Fsp3) is 0.182. The van der Waals surface area contributed by atoms with Gasteiger partial charge in [0.2, 0.25) is 0 Å². The highest BCUT2D eigenvalue weighted by atomic mass is 16.5. The lowest BCUT2D eigenvalue weighted by molar-refractivity contribution is 0.0450. The third-order valence-electron chi connectivity index (χ3n) is 2.14. The van der Waals surface area contributed by atoms with Crippen LogP contribution >= 0.6 is 0 Å². The average Bonchev–Trinajstić information content (AvgIpc) is 2.45. The summed E-state index contributed by atoms with van der Waals surface area (Å²) in [6.45, 7) is 5.65. The van der Waals surface area contributed by atoms with Crippen LogP contribution in [0, 0.1) is 0 Å². The van der Waals surface area contributed by atoms with Crippen LogP contribution in [0.1, 0.15) is 28.9 Å². The summed E-state index contributed by atoms with van der Waals surface area (Å²) in [6.07, 6.45) is -0.247. The Labute approximate surface area is 76.8 Å². The summed E-state index contributed by atoms with van der Waals surface area (Å²) in [5, 5.41) is 0. The summed E-state index contributed by atoms with van der Waals surface area (Å²) >= 11 is 0. The molecule has 1 unspecified atom stereocenters. The van der Waals surface area contributed by atoms with Crippen LogP contribution in [0.3, 0.4) is 0 Å². The maximum absolute atomic E-state index is 11.3. The second-order valence-electron chi connectivity index (χ2n) is 3.22. The van der Waals surface area contributed by atoms with Crippen LogP contribution in [0.25, 0.3) is 0 Å². The summed E-state index contributed by atoms with van der Waals surface area (Å²) in [5.74, 6) is -0.247. The molecule has 13 heavy (non-hydrogen) atoms. The Balaban J connectivity index is 2.53. The minimum Gasteiger partial charge on any atom is -0.449 e. The highest BCUT2D eigenvalue weighted by molar-refractivity contribution is 5.94. The molecule has 0 saturated carbocycles. The predicted molar refractivity (Wildman–Crippen MR) is 49.4 cm³/mol. The zero-order valence-electron chi connectivity index (χ0n) is 7.41. The first-order valence-corrected chi connectivity index (χ1v) is 4.15. The topological polar surface area (TPSA) is 26.3 Å². The van der Waals surface area contributed by atoms with Crippen molar-refractivity contribution in [1.82, 2.24) is 0 Å². The molecular weight excluding hydrogens is 164 g/mol. The summed E-state index contributed by atoms with van der Waals surface area (Å²) in [5.41, 5.74) is 2.45. The van der Waals surface area contributed by atoms with E-state index in [-0.39, 0.29) is 12.1 Å². The Hall–Kier alpha value is -1.57. The van der Waals surface area contributed by atoms with E-state index in [1.165, 1.54) is 0 Å². The Morgan fingerprint density at radius 1 is 1.46 bits per heavy atom. The summed E-state index contributed by atoms with van der Waals surface area (Å²) in [6, 6.07) is 7.41. The Morgan fingerprint density at radius 3 is 2.85 bits per heavy atom. The van der Waals surface area contributed by atoms with Crippen molar-refractivity contribution >= 4 is 5.97 Å². The second-order valence-corrected chi connectivity index (χ2v) is 3.22. The standard InChI is InChI=1S/C11H10O2/c1-7(2)10-8-5-3-4-6-9(8)11(12)13-10/h3-6,10H,1H2,2H3. The van der Waals surface area contributed by atoms with Gasteiger partial charge in [0.25, 0.3) is 0 Å². The van der Waals surface area contributed by atoms with Crippen LogP contribution in [0.15, 0.2) is 36.4 Å².